The largest absolute Gasteiger partial charge is 0.506 e. The van der Waals surface area contributed by atoms with Gasteiger partial charge >= 0.3 is 0 Å². The van der Waals surface area contributed by atoms with Crippen LogP contribution in [0, 0.1) is 0 Å². The normalized spacial score (nSPS) is 16.1. The molecule has 154 valence electrons. The molecule has 5 nitrogen and oxygen atoms in total. The standard InChI is InChI=1S/C24H23ClN2O3/c1-26(15-16-8-11-18(25)12-9-16)24(30)21-7-4-14-27(21)23(29)20-13-10-17-5-2-3-6-19(17)22(20)28/h2-3,5-6,8-13,21,28H,4,7,14-15H2,1H3. The van der Waals surface area contributed by atoms with E-state index in [-0.39, 0.29) is 23.1 Å². The maximum absolute atomic E-state index is 13.2. The second kappa shape index (κ2) is 8.36. The quantitative estimate of drug-likeness (QED) is 0.675. The Bertz CT molecular complexity index is 1100. The van der Waals surface area contributed by atoms with Crippen LogP contribution in [-0.2, 0) is 11.3 Å². The van der Waals surface area contributed by atoms with Gasteiger partial charge in [-0.3, -0.25) is 9.59 Å². The van der Waals surface area contributed by atoms with E-state index in [0.29, 0.717) is 29.9 Å². The van der Waals surface area contributed by atoms with Crippen molar-refractivity contribution in [3.05, 3.63) is 76.8 Å². The molecule has 1 saturated heterocycles. The lowest BCUT2D eigenvalue weighted by atomic mass is 10.0. The van der Waals surface area contributed by atoms with Crippen LogP contribution in [0.15, 0.2) is 60.7 Å². The molecule has 3 aromatic rings. The number of likely N-dealkylation sites (N-methyl/N-ethyl adjacent to an activating group) is 1. The Balaban J connectivity index is 1.54. The number of hydrogen-bond donors (Lipinski definition) is 1. The van der Waals surface area contributed by atoms with Gasteiger partial charge in [-0.1, -0.05) is 54.1 Å². The van der Waals surface area contributed by atoms with Gasteiger partial charge in [-0.15, -0.1) is 0 Å². The number of rotatable bonds is 4. The predicted molar refractivity (Wildman–Crippen MR) is 118 cm³/mol. The molecule has 2 amide bonds. The van der Waals surface area contributed by atoms with Gasteiger partial charge in [0.1, 0.15) is 11.8 Å². The van der Waals surface area contributed by atoms with Gasteiger partial charge in [-0.25, -0.2) is 0 Å². The third-order valence-corrected chi connectivity index (χ3v) is 5.89. The molecule has 4 rings (SSSR count). The van der Waals surface area contributed by atoms with E-state index in [9.17, 15) is 14.7 Å². The lowest BCUT2D eigenvalue weighted by Crippen LogP contribution is -2.46. The fraction of sp³-hybridized carbons (Fsp3) is 0.250. The fourth-order valence-corrected chi connectivity index (χ4v) is 4.17. The van der Waals surface area contributed by atoms with E-state index >= 15 is 0 Å². The number of nitrogens with zero attached hydrogens (tertiary/aromatic N) is 2. The van der Waals surface area contributed by atoms with Gasteiger partial charge in [0, 0.05) is 30.5 Å². The van der Waals surface area contributed by atoms with E-state index in [1.165, 1.54) is 0 Å². The van der Waals surface area contributed by atoms with Crippen molar-refractivity contribution in [3.63, 3.8) is 0 Å². The van der Waals surface area contributed by atoms with Crippen molar-refractivity contribution in [3.8, 4) is 5.75 Å². The first kappa shape index (κ1) is 20.2. The number of carbonyl (C=O) groups excluding carboxylic acids is 2. The molecule has 30 heavy (non-hydrogen) atoms. The number of hydrogen-bond acceptors (Lipinski definition) is 3. The summed E-state index contributed by atoms with van der Waals surface area (Å²) in [4.78, 5) is 29.6. The molecule has 1 aliphatic rings. The third-order valence-electron chi connectivity index (χ3n) is 5.64. The number of amides is 2. The molecule has 0 aliphatic carbocycles. The Kier molecular flexibility index (Phi) is 5.64. The van der Waals surface area contributed by atoms with Crippen LogP contribution in [0.2, 0.25) is 5.02 Å². The Hall–Kier alpha value is -3.05. The Morgan fingerprint density at radius 1 is 1.10 bits per heavy atom. The van der Waals surface area contributed by atoms with Crippen LogP contribution in [0.3, 0.4) is 0 Å². The zero-order valence-electron chi connectivity index (χ0n) is 16.7. The number of halogens is 1. The van der Waals surface area contributed by atoms with Crippen LogP contribution < -0.4 is 0 Å². The molecule has 0 saturated carbocycles. The molecule has 1 fully saturated rings. The van der Waals surface area contributed by atoms with E-state index in [4.69, 9.17) is 11.6 Å². The zero-order chi connectivity index (χ0) is 21.3. The van der Waals surface area contributed by atoms with Crippen LogP contribution in [0.4, 0.5) is 0 Å². The van der Waals surface area contributed by atoms with E-state index in [2.05, 4.69) is 0 Å². The van der Waals surface area contributed by atoms with Gasteiger partial charge < -0.3 is 14.9 Å². The summed E-state index contributed by atoms with van der Waals surface area (Å²) in [5.74, 6) is -0.448. The second-order valence-corrected chi connectivity index (χ2v) is 8.10. The monoisotopic (exact) mass is 422 g/mol. The summed E-state index contributed by atoms with van der Waals surface area (Å²) >= 11 is 5.93. The molecule has 1 heterocycles. The number of phenolic OH excluding ortho intramolecular Hbond substituents is 1. The van der Waals surface area contributed by atoms with Crippen molar-refractivity contribution in [2.75, 3.05) is 13.6 Å². The first-order valence-corrected chi connectivity index (χ1v) is 10.3. The van der Waals surface area contributed by atoms with Crippen LogP contribution in [0.25, 0.3) is 10.8 Å². The minimum Gasteiger partial charge on any atom is -0.506 e. The first-order chi connectivity index (χ1) is 14.5. The van der Waals surface area contributed by atoms with Gasteiger partial charge in [0.15, 0.2) is 0 Å². The molecule has 6 heteroatoms. The average Bonchev–Trinajstić information content (AvgIpc) is 3.24. The number of likely N-dealkylation sites (tertiary alicyclic amines) is 1. The van der Waals surface area contributed by atoms with Gasteiger partial charge in [0.2, 0.25) is 5.91 Å². The van der Waals surface area contributed by atoms with Gasteiger partial charge in [-0.2, -0.15) is 0 Å². The van der Waals surface area contributed by atoms with Gasteiger partial charge in [0.25, 0.3) is 5.91 Å². The molecular formula is C24H23ClN2O3. The maximum atomic E-state index is 13.2. The lowest BCUT2D eigenvalue weighted by molar-refractivity contribution is -0.134. The Labute approximate surface area is 180 Å². The summed E-state index contributed by atoms with van der Waals surface area (Å²) in [6.07, 6.45) is 1.37. The van der Waals surface area contributed by atoms with E-state index in [1.54, 1.807) is 41.1 Å². The van der Waals surface area contributed by atoms with Crippen LogP contribution in [0.5, 0.6) is 5.75 Å². The lowest BCUT2D eigenvalue weighted by Gasteiger charge is -2.28. The van der Waals surface area contributed by atoms with Crippen molar-refractivity contribution < 1.29 is 14.7 Å². The molecule has 0 aromatic heterocycles. The molecule has 0 radical (unpaired) electrons. The number of benzene rings is 3. The molecule has 0 spiro atoms. The second-order valence-electron chi connectivity index (χ2n) is 7.66. The summed E-state index contributed by atoms with van der Waals surface area (Å²) in [5, 5.41) is 12.8. The molecular weight excluding hydrogens is 400 g/mol. The van der Waals surface area contributed by atoms with E-state index in [0.717, 1.165) is 17.4 Å². The average molecular weight is 423 g/mol. The molecule has 1 unspecified atom stereocenters. The maximum Gasteiger partial charge on any atom is 0.258 e. The minimum atomic E-state index is -0.527. The minimum absolute atomic E-state index is 0.0364. The zero-order valence-corrected chi connectivity index (χ0v) is 17.5. The summed E-state index contributed by atoms with van der Waals surface area (Å²) in [5.41, 5.74) is 1.20. The highest BCUT2D eigenvalue weighted by Gasteiger charge is 2.37. The molecule has 1 aliphatic heterocycles. The summed E-state index contributed by atoms with van der Waals surface area (Å²) < 4.78 is 0. The highest BCUT2D eigenvalue weighted by molar-refractivity contribution is 6.30. The summed E-state index contributed by atoms with van der Waals surface area (Å²) in [6, 6.07) is 17.7. The first-order valence-electron chi connectivity index (χ1n) is 9.97. The number of fused-ring (bicyclic) bond motifs is 1. The topological polar surface area (TPSA) is 60.9 Å². The fourth-order valence-electron chi connectivity index (χ4n) is 4.04. The van der Waals surface area contributed by atoms with Crippen LogP contribution in [0.1, 0.15) is 28.8 Å². The van der Waals surface area contributed by atoms with Gasteiger partial charge in [0.05, 0.1) is 5.56 Å². The van der Waals surface area contributed by atoms with Crippen molar-refractivity contribution in [2.45, 2.75) is 25.4 Å². The predicted octanol–water partition coefficient (Wildman–Crippen LogP) is 4.46. The Morgan fingerprint density at radius 2 is 1.83 bits per heavy atom. The SMILES string of the molecule is CN(Cc1ccc(Cl)cc1)C(=O)C1CCCN1C(=O)c1ccc2ccccc2c1O. The number of phenols is 1. The van der Waals surface area contributed by atoms with Crippen LogP contribution >= 0.6 is 11.6 Å². The molecule has 0 bridgehead atoms. The number of aromatic hydroxyl groups is 1. The summed E-state index contributed by atoms with van der Waals surface area (Å²) in [7, 11) is 1.74. The van der Waals surface area contributed by atoms with E-state index < -0.39 is 6.04 Å². The molecule has 3 aromatic carbocycles. The third kappa shape index (κ3) is 3.85. The van der Waals surface area contributed by atoms with Crippen molar-refractivity contribution >= 4 is 34.2 Å². The van der Waals surface area contributed by atoms with Gasteiger partial charge in [-0.05, 0) is 42.0 Å². The van der Waals surface area contributed by atoms with Crippen molar-refractivity contribution in [1.29, 1.82) is 0 Å². The molecule has 1 N–H and O–H groups in total. The van der Waals surface area contributed by atoms with E-state index in [1.807, 2.05) is 36.4 Å². The number of carbonyl (C=O) groups is 2. The Morgan fingerprint density at radius 3 is 2.60 bits per heavy atom. The molecule has 1 atom stereocenters. The highest BCUT2D eigenvalue weighted by Crippen LogP contribution is 2.31. The highest BCUT2D eigenvalue weighted by atomic mass is 35.5. The van der Waals surface area contributed by atoms with Crippen molar-refractivity contribution in [1.82, 2.24) is 9.80 Å². The van der Waals surface area contributed by atoms with Crippen LogP contribution in [-0.4, -0.2) is 46.4 Å². The smallest absolute Gasteiger partial charge is 0.258 e. The van der Waals surface area contributed by atoms with Crippen molar-refractivity contribution in [2.24, 2.45) is 0 Å². The summed E-state index contributed by atoms with van der Waals surface area (Å²) in [6.45, 7) is 0.937.